The van der Waals surface area contributed by atoms with Crippen molar-refractivity contribution in [2.24, 2.45) is 13.0 Å². The molecule has 2 rings (SSSR count). The van der Waals surface area contributed by atoms with E-state index in [1.807, 2.05) is 0 Å². The lowest BCUT2D eigenvalue weighted by molar-refractivity contribution is 0.657. The van der Waals surface area contributed by atoms with Crippen LogP contribution in [0.1, 0.15) is 13.3 Å². The molecule has 1 aromatic rings. The summed E-state index contributed by atoms with van der Waals surface area (Å²) in [4.78, 5) is 13.9. The standard InChI is InChI=1S/C10H14BrN3O/c1-7-3-4-14(6-7)8-5-12-13(2)10(15)9(8)11/h5,7H,3-4,6H2,1-2H3. The Morgan fingerprint density at radius 2 is 2.33 bits per heavy atom. The van der Waals surface area contributed by atoms with E-state index in [0.29, 0.717) is 10.4 Å². The molecule has 0 spiro atoms. The van der Waals surface area contributed by atoms with Crippen molar-refractivity contribution in [2.75, 3.05) is 18.0 Å². The predicted molar refractivity (Wildman–Crippen MR) is 63.2 cm³/mol. The Bertz CT molecular complexity index is 429. The Morgan fingerprint density at radius 3 is 2.93 bits per heavy atom. The van der Waals surface area contributed by atoms with Crippen molar-refractivity contribution < 1.29 is 0 Å². The van der Waals surface area contributed by atoms with Gasteiger partial charge in [-0.2, -0.15) is 5.10 Å². The number of aryl methyl sites for hydroxylation is 1. The zero-order valence-electron chi connectivity index (χ0n) is 8.90. The zero-order valence-corrected chi connectivity index (χ0v) is 10.5. The molecule has 0 radical (unpaired) electrons. The summed E-state index contributed by atoms with van der Waals surface area (Å²) >= 11 is 3.35. The van der Waals surface area contributed by atoms with Crippen molar-refractivity contribution in [3.63, 3.8) is 0 Å². The summed E-state index contributed by atoms with van der Waals surface area (Å²) in [5, 5.41) is 4.04. The molecule has 4 nitrogen and oxygen atoms in total. The lowest BCUT2D eigenvalue weighted by Gasteiger charge is -2.18. The molecule has 1 saturated heterocycles. The van der Waals surface area contributed by atoms with Crippen molar-refractivity contribution in [1.82, 2.24) is 9.78 Å². The molecule has 82 valence electrons. The highest BCUT2D eigenvalue weighted by molar-refractivity contribution is 9.10. The summed E-state index contributed by atoms with van der Waals surface area (Å²) < 4.78 is 1.96. The molecule has 15 heavy (non-hydrogen) atoms. The van der Waals surface area contributed by atoms with E-state index in [1.54, 1.807) is 13.2 Å². The van der Waals surface area contributed by atoms with Crippen molar-refractivity contribution >= 4 is 21.6 Å². The number of nitrogens with zero attached hydrogens (tertiary/aromatic N) is 3. The number of halogens is 1. The van der Waals surface area contributed by atoms with Gasteiger partial charge in [0.25, 0.3) is 5.56 Å². The first kappa shape index (κ1) is 10.7. The molecule has 0 saturated carbocycles. The second kappa shape index (κ2) is 3.96. The average molecular weight is 272 g/mol. The number of rotatable bonds is 1. The van der Waals surface area contributed by atoms with E-state index in [0.717, 1.165) is 18.8 Å². The third-order valence-corrected chi connectivity index (χ3v) is 3.57. The van der Waals surface area contributed by atoms with Gasteiger partial charge in [0.05, 0.1) is 11.9 Å². The molecule has 1 atom stereocenters. The van der Waals surface area contributed by atoms with Gasteiger partial charge in [0.1, 0.15) is 4.47 Å². The SMILES string of the molecule is CC1CCN(c2cnn(C)c(=O)c2Br)C1. The summed E-state index contributed by atoms with van der Waals surface area (Å²) in [6.45, 7) is 4.24. The maximum Gasteiger partial charge on any atom is 0.282 e. The van der Waals surface area contributed by atoms with Crippen molar-refractivity contribution in [2.45, 2.75) is 13.3 Å². The van der Waals surface area contributed by atoms with Gasteiger partial charge in [-0.1, -0.05) is 6.92 Å². The highest BCUT2D eigenvalue weighted by atomic mass is 79.9. The molecule has 1 aliphatic heterocycles. The molecule has 1 fully saturated rings. The lowest BCUT2D eigenvalue weighted by atomic mass is 10.2. The van der Waals surface area contributed by atoms with Crippen LogP contribution in [0.2, 0.25) is 0 Å². The number of hydrogen-bond donors (Lipinski definition) is 0. The van der Waals surface area contributed by atoms with Crippen molar-refractivity contribution in [1.29, 1.82) is 0 Å². The second-order valence-corrected chi connectivity index (χ2v) is 4.91. The van der Waals surface area contributed by atoms with Gasteiger partial charge in [0.2, 0.25) is 0 Å². The Labute approximate surface area is 97.0 Å². The van der Waals surface area contributed by atoms with Crippen LogP contribution in [-0.4, -0.2) is 22.9 Å². The average Bonchev–Trinajstić information content (AvgIpc) is 2.61. The topological polar surface area (TPSA) is 38.1 Å². The molecule has 0 bridgehead atoms. The molecule has 0 amide bonds. The highest BCUT2D eigenvalue weighted by Crippen LogP contribution is 2.27. The van der Waals surface area contributed by atoms with Gasteiger partial charge in [0.15, 0.2) is 0 Å². The molecule has 0 aliphatic carbocycles. The van der Waals surface area contributed by atoms with E-state index in [9.17, 15) is 4.79 Å². The number of anilines is 1. The lowest BCUT2D eigenvalue weighted by Crippen LogP contribution is -2.26. The monoisotopic (exact) mass is 271 g/mol. The first-order valence-corrected chi connectivity index (χ1v) is 5.85. The largest absolute Gasteiger partial charge is 0.369 e. The fraction of sp³-hybridized carbons (Fsp3) is 0.600. The molecule has 0 aromatic carbocycles. The molecular weight excluding hydrogens is 258 g/mol. The van der Waals surface area contributed by atoms with Gasteiger partial charge >= 0.3 is 0 Å². The molecule has 1 aliphatic rings. The molecule has 2 heterocycles. The van der Waals surface area contributed by atoms with Crippen LogP contribution in [0.5, 0.6) is 0 Å². The smallest absolute Gasteiger partial charge is 0.282 e. The molecule has 1 unspecified atom stereocenters. The number of aromatic nitrogens is 2. The second-order valence-electron chi connectivity index (χ2n) is 4.11. The zero-order chi connectivity index (χ0) is 11.0. The van der Waals surface area contributed by atoms with Gasteiger partial charge < -0.3 is 4.90 Å². The Morgan fingerprint density at radius 1 is 1.60 bits per heavy atom. The molecule has 5 heteroatoms. The maximum absolute atomic E-state index is 11.7. The van der Waals surface area contributed by atoms with Crippen LogP contribution in [0.4, 0.5) is 5.69 Å². The minimum absolute atomic E-state index is 0.0768. The first-order chi connectivity index (χ1) is 7.09. The van der Waals surface area contributed by atoms with E-state index >= 15 is 0 Å². The third kappa shape index (κ3) is 1.93. The van der Waals surface area contributed by atoms with Gasteiger partial charge in [-0.3, -0.25) is 4.79 Å². The van der Waals surface area contributed by atoms with Crippen LogP contribution in [-0.2, 0) is 7.05 Å². The van der Waals surface area contributed by atoms with Gasteiger partial charge in [-0.05, 0) is 28.3 Å². The van der Waals surface area contributed by atoms with Crippen LogP contribution in [0, 0.1) is 5.92 Å². The van der Waals surface area contributed by atoms with Crippen LogP contribution in [0.25, 0.3) is 0 Å². The summed E-state index contributed by atoms with van der Waals surface area (Å²) in [6.07, 6.45) is 2.94. The van der Waals surface area contributed by atoms with Crippen LogP contribution >= 0.6 is 15.9 Å². The predicted octanol–water partition coefficient (Wildman–Crippen LogP) is 1.39. The van der Waals surface area contributed by atoms with Gasteiger partial charge in [-0.15, -0.1) is 0 Å². The van der Waals surface area contributed by atoms with E-state index in [2.05, 4.69) is 32.9 Å². The summed E-state index contributed by atoms with van der Waals surface area (Å²) in [5.41, 5.74) is 0.842. The fourth-order valence-electron chi connectivity index (χ4n) is 1.88. The number of hydrogen-bond acceptors (Lipinski definition) is 3. The summed E-state index contributed by atoms with van der Waals surface area (Å²) in [7, 11) is 1.66. The summed E-state index contributed by atoms with van der Waals surface area (Å²) in [5.74, 6) is 0.695. The summed E-state index contributed by atoms with van der Waals surface area (Å²) in [6, 6.07) is 0. The minimum Gasteiger partial charge on any atom is -0.369 e. The van der Waals surface area contributed by atoms with Crippen LogP contribution in [0.3, 0.4) is 0 Å². The van der Waals surface area contributed by atoms with Gasteiger partial charge in [-0.25, -0.2) is 4.68 Å². The third-order valence-electron chi connectivity index (χ3n) is 2.82. The van der Waals surface area contributed by atoms with E-state index < -0.39 is 0 Å². The minimum atomic E-state index is -0.0768. The molecular formula is C10H14BrN3O. The van der Waals surface area contributed by atoms with Crippen molar-refractivity contribution in [3.05, 3.63) is 21.0 Å². The Balaban J connectivity index is 2.37. The first-order valence-electron chi connectivity index (χ1n) is 5.06. The van der Waals surface area contributed by atoms with Crippen molar-refractivity contribution in [3.8, 4) is 0 Å². The highest BCUT2D eigenvalue weighted by Gasteiger charge is 2.22. The molecule has 0 N–H and O–H groups in total. The van der Waals surface area contributed by atoms with E-state index in [-0.39, 0.29) is 5.56 Å². The fourth-order valence-corrected chi connectivity index (χ4v) is 2.49. The van der Waals surface area contributed by atoms with Crippen LogP contribution < -0.4 is 10.5 Å². The quantitative estimate of drug-likeness (QED) is 0.775. The van der Waals surface area contributed by atoms with E-state index in [4.69, 9.17) is 0 Å². The normalized spacial score (nSPS) is 21.0. The Kier molecular flexibility index (Phi) is 2.82. The van der Waals surface area contributed by atoms with Gasteiger partial charge in [0, 0.05) is 20.1 Å². The maximum atomic E-state index is 11.7. The Hall–Kier alpha value is -0.840. The molecule has 1 aromatic heterocycles. The van der Waals surface area contributed by atoms with Crippen LogP contribution in [0.15, 0.2) is 15.5 Å². The van der Waals surface area contributed by atoms with E-state index in [1.165, 1.54) is 11.1 Å².